The van der Waals surface area contributed by atoms with Crippen LogP contribution >= 0.6 is 11.3 Å². The van der Waals surface area contributed by atoms with Gasteiger partial charge < -0.3 is 15.0 Å². The number of hydrogen-bond acceptors (Lipinski definition) is 4. The van der Waals surface area contributed by atoms with Gasteiger partial charge in [-0.15, -0.1) is 11.3 Å². The highest BCUT2D eigenvalue weighted by Crippen LogP contribution is 2.31. The van der Waals surface area contributed by atoms with Crippen LogP contribution in [0.15, 0.2) is 60.2 Å². The Kier molecular flexibility index (Phi) is 5.12. The molecule has 1 unspecified atom stereocenters. The molecule has 0 spiro atoms. The number of amides is 1. The summed E-state index contributed by atoms with van der Waals surface area (Å²) in [6.45, 7) is 2.34. The summed E-state index contributed by atoms with van der Waals surface area (Å²) >= 11 is 1.36. The molecule has 2 N–H and O–H groups in total. The number of hydrogen-bond donors (Lipinski definition) is 2. The minimum absolute atomic E-state index is 0.0132. The summed E-state index contributed by atoms with van der Waals surface area (Å²) in [5, 5.41) is 4.25. The van der Waals surface area contributed by atoms with Crippen molar-refractivity contribution in [3.8, 4) is 5.75 Å². The SMILES string of the molecule is COc1ccc(C(CNC(=O)c2scnc2C)c2c[nH]c3ccccc23)cc1. The average Bonchev–Trinajstić information content (AvgIpc) is 3.35. The van der Waals surface area contributed by atoms with Gasteiger partial charge in [0.2, 0.25) is 0 Å². The zero-order valence-electron chi connectivity index (χ0n) is 15.7. The van der Waals surface area contributed by atoms with Crippen LogP contribution in [-0.2, 0) is 0 Å². The summed E-state index contributed by atoms with van der Waals surface area (Å²) in [7, 11) is 1.66. The highest BCUT2D eigenvalue weighted by atomic mass is 32.1. The van der Waals surface area contributed by atoms with Crippen molar-refractivity contribution in [1.29, 1.82) is 0 Å². The van der Waals surface area contributed by atoms with Gasteiger partial charge >= 0.3 is 0 Å². The molecule has 0 aliphatic rings. The molecule has 0 bridgehead atoms. The lowest BCUT2D eigenvalue weighted by molar-refractivity contribution is 0.0955. The number of thiazole rings is 1. The molecule has 2 heterocycles. The Morgan fingerprint density at radius 1 is 1.21 bits per heavy atom. The predicted octanol–water partition coefficient (Wildman–Crippen LogP) is 4.50. The molecule has 0 saturated heterocycles. The fourth-order valence-electron chi connectivity index (χ4n) is 3.42. The van der Waals surface area contributed by atoms with Gasteiger partial charge in [0, 0.05) is 29.6 Å². The lowest BCUT2D eigenvalue weighted by Gasteiger charge is -2.18. The first kappa shape index (κ1) is 18.3. The molecular formula is C22H21N3O2S. The van der Waals surface area contributed by atoms with E-state index < -0.39 is 0 Å². The summed E-state index contributed by atoms with van der Waals surface area (Å²) in [4.78, 5) is 20.8. The maximum absolute atomic E-state index is 12.6. The van der Waals surface area contributed by atoms with E-state index >= 15 is 0 Å². The number of carbonyl (C=O) groups excluding carboxylic acids is 1. The van der Waals surface area contributed by atoms with Gasteiger partial charge in [-0.3, -0.25) is 4.79 Å². The molecule has 5 nitrogen and oxygen atoms in total. The van der Waals surface area contributed by atoms with Gasteiger partial charge in [-0.05, 0) is 36.2 Å². The molecule has 2 aromatic heterocycles. The van der Waals surface area contributed by atoms with E-state index in [-0.39, 0.29) is 11.8 Å². The number of nitrogens with zero attached hydrogens (tertiary/aromatic N) is 1. The summed E-state index contributed by atoms with van der Waals surface area (Å²) in [6, 6.07) is 16.2. The van der Waals surface area contributed by atoms with E-state index in [0.717, 1.165) is 33.5 Å². The molecule has 0 radical (unpaired) electrons. The Morgan fingerprint density at radius 3 is 2.71 bits per heavy atom. The smallest absolute Gasteiger partial charge is 0.263 e. The molecule has 28 heavy (non-hydrogen) atoms. The third kappa shape index (κ3) is 3.51. The number of H-pyrrole nitrogens is 1. The molecule has 2 aromatic carbocycles. The molecule has 0 fully saturated rings. The fourth-order valence-corrected chi connectivity index (χ4v) is 4.14. The van der Waals surface area contributed by atoms with E-state index in [4.69, 9.17) is 4.74 Å². The van der Waals surface area contributed by atoms with E-state index in [9.17, 15) is 4.79 Å². The molecule has 1 amide bonds. The second-order valence-corrected chi connectivity index (χ2v) is 7.45. The average molecular weight is 391 g/mol. The first-order valence-electron chi connectivity index (χ1n) is 9.05. The Balaban J connectivity index is 1.67. The second-order valence-electron chi connectivity index (χ2n) is 6.59. The van der Waals surface area contributed by atoms with Crippen molar-refractivity contribution in [3.05, 3.63) is 81.9 Å². The highest BCUT2D eigenvalue weighted by molar-refractivity contribution is 7.11. The lowest BCUT2D eigenvalue weighted by Crippen LogP contribution is -2.28. The van der Waals surface area contributed by atoms with E-state index in [0.29, 0.717) is 11.4 Å². The van der Waals surface area contributed by atoms with Gasteiger partial charge in [-0.2, -0.15) is 0 Å². The van der Waals surface area contributed by atoms with Crippen LogP contribution in [-0.4, -0.2) is 29.5 Å². The molecule has 0 saturated carbocycles. The van der Waals surface area contributed by atoms with E-state index in [2.05, 4.69) is 39.6 Å². The lowest BCUT2D eigenvalue weighted by atomic mass is 9.90. The maximum atomic E-state index is 12.6. The molecule has 4 rings (SSSR count). The molecule has 1 atom stereocenters. The number of para-hydroxylation sites is 1. The Bertz CT molecular complexity index is 1100. The van der Waals surface area contributed by atoms with E-state index in [1.807, 2.05) is 37.4 Å². The zero-order valence-corrected chi connectivity index (χ0v) is 16.5. The summed E-state index contributed by atoms with van der Waals surface area (Å²) in [5.74, 6) is 0.739. The van der Waals surface area contributed by atoms with Crippen LogP contribution in [0.1, 0.15) is 32.4 Å². The number of benzene rings is 2. The molecule has 0 aliphatic heterocycles. The molecule has 142 valence electrons. The van der Waals surface area contributed by atoms with Crippen LogP contribution in [0, 0.1) is 6.92 Å². The third-order valence-corrected chi connectivity index (χ3v) is 5.86. The predicted molar refractivity (Wildman–Crippen MR) is 112 cm³/mol. The van der Waals surface area contributed by atoms with Crippen molar-refractivity contribution in [2.45, 2.75) is 12.8 Å². The van der Waals surface area contributed by atoms with Crippen molar-refractivity contribution in [2.75, 3.05) is 13.7 Å². The fraction of sp³-hybridized carbons (Fsp3) is 0.182. The molecule has 4 aromatic rings. The van der Waals surface area contributed by atoms with Crippen molar-refractivity contribution in [1.82, 2.24) is 15.3 Å². The van der Waals surface area contributed by atoms with Crippen molar-refractivity contribution in [2.24, 2.45) is 0 Å². The van der Waals surface area contributed by atoms with Crippen LogP contribution in [0.25, 0.3) is 10.9 Å². The minimum Gasteiger partial charge on any atom is -0.497 e. The monoisotopic (exact) mass is 391 g/mol. The normalized spacial score (nSPS) is 12.1. The van der Waals surface area contributed by atoms with Crippen LogP contribution in [0.3, 0.4) is 0 Å². The van der Waals surface area contributed by atoms with Gasteiger partial charge in [0.1, 0.15) is 10.6 Å². The van der Waals surface area contributed by atoms with Gasteiger partial charge in [0.05, 0.1) is 18.3 Å². The standard InChI is InChI=1S/C22H21N3O2S/c1-14-21(28-13-25-14)22(26)24-11-18(15-7-9-16(27-2)10-8-15)19-12-23-20-6-4-3-5-17(19)20/h3-10,12-13,18,23H,11H2,1-2H3,(H,24,26). The first-order valence-corrected chi connectivity index (χ1v) is 9.93. The number of aromatic amines is 1. The maximum Gasteiger partial charge on any atom is 0.263 e. The second kappa shape index (κ2) is 7.86. The quantitative estimate of drug-likeness (QED) is 0.508. The van der Waals surface area contributed by atoms with Crippen LogP contribution in [0.2, 0.25) is 0 Å². The van der Waals surface area contributed by atoms with E-state index in [1.165, 1.54) is 11.3 Å². The third-order valence-electron chi connectivity index (χ3n) is 4.93. The number of ether oxygens (including phenoxy) is 1. The topological polar surface area (TPSA) is 67.0 Å². The number of methoxy groups -OCH3 is 1. The van der Waals surface area contributed by atoms with Crippen LogP contribution in [0.5, 0.6) is 5.75 Å². The highest BCUT2D eigenvalue weighted by Gasteiger charge is 2.20. The Morgan fingerprint density at radius 2 is 2.00 bits per heavy atom. The van der Waals surface area contributed by atoms with E-state index in [1.54, 1.807) is 12.6 Å². The number of carbonyl (C=O) groups is 1. The number of aryl methyl sites for hydroxylation is 1. The Labute approximate surface area is 167 Å². The minimum atomic E-state index is -0.0849. The molecule has 6 heteroatoms. The number of nitrogens with one attached hydrogen (secondary N) is 2. The zero-order chi connectivity index (χ0) is 19.5. The summed E-state index contributed by atoms with van der Waals surface area (Å²) in [5.41, 5.74) is 5.82. The first-order chi connectivity index (χ1) is 13.7. The van der Waals surface area contributed by atoms with Crippen molar-refractivity contribution >= 4 is 28.1 Å². The molecule has 0 aliphatic carbocycles. The number of rotatable bonds is 6. The van der Waals surface area contributed by atoms with Gasteiger partial charge in [-0.25, -0.2) is 4.98 Å². The van der Waals surface area contributed by atoms with Crippen LogP contribution < -0.4 is 10.1 Å². The number of aromatic nitrogens is 2. The number of fused-ring (bicyclic) bond motifs is 1. The molecular weight excluding hydrogens is 370 g/mol. The van der Waals surface area contributed by atoms with Gasteiger partial charge in [0.15, 0.2) is 0 Å². The largest absolute Gasteiger partial charge is 0.497 e. The summed E-state index contributed by atoms with van der Waals surface area (Å²) < 4.78 is 5.29. The van der Waals surface area contributed by atoms with Crippen molar-refractivity contribution < 1.29 is 9.53 Å². The van der Waals surface area contributed by atoms with Gasteiger partial charge in [0.25, 0.3) is 5.91 Å². The summed E-state index contributed by atoms with van der Waals surface area (Å²) in [6.07, 6.45) is 2.03. The van der Waals surface area contributed by atoms with Crippen molar-refractivity contribution in [3.63, 3.8) is 0 Å². The Hall–Kier alpha value is -3.12. The van der Waals surface area contributed by atoms with Gasteiger partial charge in [-0.1, -0.05) is 30.3 Å². The van der Waals surface area contributed by atoms with Crippen LogP contribution in [0.4, 0.5) is 0 Å².